The molecule has 0 saturated carbocycles. The molecule has 1 fully saturated rings. The highest BCUT2D eigenvalue weighted by Crippen LogP contribution is 2.25. The van der Waals surface area contributed by atoms with Gasteiger partial charge in [0.2, 0.25) is 0 Å². The van der Waals surface area contributed by atoms with Crippen LogP contribution in [-0.2, 0) is 4.74 Å². The molecule has 0 atom stereocenters. The molecule has 0 bridgehead atoms. The number of piperazine rings is 1. The third-order valence-corrected chi connectivity index (χ3v) is 3.91. The van der Waals surface area contributed by atoms with Crippen LogP contribution in [0.15, 0.2) is 18.2 Å². The van der Waals surface area contributed by atoms with Crippen molar-refractivity contribution in [3.05, 3.63) is 28.2 Å². The molecule has 0 aliphatic carbocycles. The van der Waals surface area contributed by atoms with E-state index in [1.807, 2.05) is 0 Å². The summed E-state index contributed by atoms with van der Waals surface area (Å²) in [4.78, 5) is 26.7. The highest BCUT2D eigenvalue weighted by Gasteiger charge is 2.24. The monoisotopic (exact) mass is 331 g/mol. The first-order chi connectivity index (χ1) is 10.0. The van der Waals surface area contributed by atoms with Crippen LogP contribution in [0.2, 0.25) is 10.0 Å². The molecule has 1 aromatic carbocycles. The second-order valence-corrected chi connectivity index (χ2v) is 5.32. The first kappa shape index (κ1) is 15.7. The number of methoxy groups -OCH3 is 1. The van der Waals surface area contributed by atoms with Gasteiger partial charge in [-0.25, -0.2) is 9.59 Å². The van der Waals surface area contributed by atoms with E-state index in [2.05, 4.69) is 10.1 Å². The summed E-state index contributed by atoms with van der Waals surface area (Å²) in [6, 6.07) is 4.65. The second-order valence-electron chi connectivity index (χ2n) is 4.50. The summed E-state index contributed by atoms with van der Waals surface area (Å²) in [5.74, 6) is 0. The minimum absolute atomic E-state index is 0.238. The van der Waals surface area contributed by atoms with Gasteiger partial charge >= 0.3 is 12.1 Å². The standard InChI is InChI=1S/C13H15Cl2N3O3/c1-21-13(20)18-6-4-17(5-7-18)12(19)16-9-2-3-10(14)11(15)8-9/h2-3,8H,4-7H2,1H3,(H,16,19). The number of rotatable bonds is 1. The topological polar surface area (TPSA) is 61.9 Å². The zero-order valence-corrected chi connectivity index (χ0v) is 12.9. The molecule has 1 N–H and O–H groups in total. The van der Waals surface area contributed by atoms with Gasteiger partial charge in [0.15, 0.2) is 0 Å². The van der Waals surface area contributed by atoms with E-state index in [1.165, 1.54) is 7.11 Å². The molecule has 2 rings (SSSR count). The number of amides is 3. The smallest absolute Gasteiger partial charge is 0.409 e. The van der Waals surface area contributed by atoms with E-state index in [0.29, 0.717) is 41.9 Å². The predicted octanol–water partition coefficient (Wildman–Crippen LogP) is 2.91. The zero-order chi connectivity index (χ0) is 15.4. The fraction of sp³-hybridized carbons (Fsp3) is 0.385. The van der Waals surface area contributed by atoms with Crippen molar-refractivity contribution >= 4 is 41.0 Å². The lowest BCUT2D eigenvalue weighted by atomic mass is 10.3. The summed E-state index contributed by atoms with van der Waals surface area (Å²) >= 11 is 11.7. The first-order valence-electron chi connectivity index (χ1n) is 6.35. The maximum Gasteiger partial charge on any atom is 0.409 e. The molecule has 0 aromatic heterocycles. The highest BCUT2D eigenvalue weighted by molar-refractivity contribution is 6.42. The van der Waals surface area contributed by atoms with Crippen LogP contribution in [0.1, 0.15) is 0 Å². The van der Waals surface area contributed by atoms with E-state index >= 15 is 0 Å². The van der Waals surface area contributed by atoms with Crippen LogP contribution in [0, 0.1) is 0 Å². The average Bonchev–Trinajstić information content (AvgIpc) is 2.50. The quantitative estimate of drug-likeness (QED) is 0.860. The third-order valence-electron chi connectivity index (χ3n) is 3.17. The lowest BCUT2D eigenvalue weighted by Crippen LogP contribution is -2.51. The lowest BCUT2D eigenvalue weighted by Gasteiger charge is -2.33. The van der Waals surface area contributed by atoms with Crippen molar-refractivity contribution in [1.29, 1.82) is 0 Å². The summed E-state index contributed by atoms with van der Waals surface area (Å²) in [7, 11) is 1.34. The van der Waals surface area contributed by atoms with Crippen LogP contribution >= 0.6 is 23.2 Å². The van der Waals surface area contributed by atoms with E-state index in [0.717, 1.165) is 0 Å². The van der Waals surface area contributed by atoms with E-state index in [9.17, 15) is 9.59 Å². The number of hydrogen-bond acceptors (Lipinski definition) is 3. The second kappa shape index (κ2) is 6.87. The molecule has 0 spiro atoms. The number of benzene rings is 1. The molecule has 8 heteroatoms. The largest absolute Gasteiger partial charge is 0.453 e. The van der Waals surface area contributed by atoms with Crippen LogP contribution in [0.4, 0.5) is 15.3 Å². The van der Waals surface area contributed by atoms with Gasteiger partial charge in [0.1, 0.15) is 0 Å². The van der Waals surface area contributed by atoms with Crippen molar-refractivity contribution in [1.82, 2.24) is 9.80 Å². The molecule has 1 heterocycles. The van der Waals surface area contributed by atoms with Gasteiger partial charge in [-0.2, -0.15) is 0 Å². The van der Waals surface area contributed by atoms with Crippen molar-refractivity contribution in [2.45, 2.75) is 0 Å². The van der Waals surface area contributed by atoms with Gasteiger partial charge in [-0.15, -0.1) is 0 Å². The molecule has 1 aliphatic rings. The van der Waals surface area contributed by atoms with Gasteiger partial charge in [-0.3, -0.25) is 0 Å². The van der Waals surface area contributed by atoms with Crippen molar-refractivity contribution in [3.8, 4) is 0 Å². The van der Waals surface area contributed by atoms with Crippen molar-refractivity contribution in [2.24, 2.45) is 0 Å². The first-order valence-corrected chi connectivity index (χ1v) is 7.10. The van der Waals surface area contributed by atoms with Crippen LogP contribution in [0.25, 0.3) is 0 Å². The Morgan fingerprint density at radius 2 is 1.71 bits per heavy atom. The third kappa shape index (κ3) is 3.92. The number of urea groups is 1. The van der Waals surface area contributed by atoms with Crippen LogP contribution in [0.3, 0.4) is 0 Å². The summed E-state index contributed by atoms with van der Waals surface area (Å²) < 4.78 is 4.65. The Kier molecular flexibility index (Phi) is 5.14. The Morgan fingerprint density at radius 3 is 2.29 bits per heavy atom. The number of carbonyl (C=O) groups is 2. The molecule has 1 aromatic rings. The minimum Gasteiger partial charge on any atom is -0.453 e. The van der Waals surface area contributed by atoms with Crippen LogP contribution < -0.4 is 5.32 Å². The van der Waals surface area contributed by atoms with Crippen molar-refractivity contribution < 1.29 is 14.3 Å². The fourth-order valence-electron chi connectivity index (χ4n) is 2.00. The molecule has 3 amide bonds. The summed E-state index contributed by atoms with van der Waals surface area (Å²) in [5, 5.41) is 3.56. The molecule has 1 saturated heterocycles. The van der Waals surface area contributed by atoms with Crippen LogP contribution in [0.5, 0.6) is 0 Å². The Morgan fingerprint density at radius 1 is 1.10 bits per heavy atom. The summed E-state index contributed by atoms with van der Waals surface area (Å²) in [5.41, 5.74) is 0.574. The summed E-state index contributed by atoms with van der Waals surface area (Å²) in [6.45, 7) is 1.79. The molecular formula is C13H15Cl2N3O3. The number of nitrogens with zero attached hydrogens (tertiary/aromatic N) is 2. The molecular weight excluding hydrogens is 317 g/mol. The number of carbonyl (C=O) groups excluding carboxylic acids is 2. The molecule has 1 aliphatic heterocycles. The zero-order valence-electron chi connectivity index (χ0n) is 11.4. The fourth-order valence-corrected chi connectivity index (χ4v) is 2.30. The maximum atomic E-state index is 12.1. The van der Waals surface area contributed by atoms with Gasteiger partial charge in [0, 0.05) is 31.9 Å². The molecule has 21 heavy (non-hydrogen) atoms. The predicted molar refractivity (Wildman–Crippen MR) is 81.0 cm³/mol. The molecule has 0 radical (unpaired) electrons. The van der Waals surface area contributed by atoms with Gasteiger partial charge < -0.3 is 19.9 Å². The van der Waals surface area contributed by atoms with Gasteiger partial charge in [-0.05, 0) is 18.2 Å². The van der Waals surface area contributed by atoms with Crippen molar-refractivity contribution in [2.75, 3.05) is 38.6 Å². The number of anilines is 1. The van der Waals surface area contributed by atoms with E-state index in [4.69, 9.17) is 23.2 Å². The van der Waals surface area contributed by atoms with E-state index in [-0.39, 0.29) is 12.1 Å². The number of nitrogens with one attached hydrogen (secondary N) is 1. The van der Waals surface area contributed by atoms with Gasteiger partial charge in [0.05, 0.1) is 17.2 Å². The molecule has 114 valence electrons. The Balaban J connectivity index is 1.90. The maximum absolute atomic E-state index is 12.1. The molecule has 0 unspecified atom stereocenters. The lowest BCUT2D eigenvalue weighted by molar-refractivity contribution is 0.0993. The Labute approximate surface area is 132 Å². The van der Waals surface area contributed by atoms with E-state index in [1.54, 1.807) is 28.0 Å². The molecule has 6 nitrogen and oxygen atoms in total. The highest BCUT2D eigenvalue weighted by atomic mass is 35.5. The van der Waals surface area contributed by atoms with Gasteiger partial charge in [-0.1, -0.05) is 23.2 Å². The average molecular weight is 332 g/mol. The Bertz CT molecular complexity index is 545. The van der Waals surface area contributed by atoms with Crippen LogP contribution in [-0.4, -0.2) is 55.2 Å². The van der Waals surface area contributed by atoms with E-state index < -0.39 is 0 Å². The van der Waals surface area contributed by atoms with Crippen molar-refractivity contribution in [3.63, 3.8) is 0 Å². The normalized spacial score (nSPS) is 14.8. The SMILES string of the molecule is COC(=O)N1CCN(C(=O)Nc2ccc(Cl)c(Cl)c2)CC1. The minimum atomic E-state index is -0.375. The Hall–Kier alpha value is -1.66. The number of ether oxygens (including phenoxy) is 1. The van der Waals surface area contributed by atoms with Gasteiger partial charge in [0.25, 0.3) is 0 Å². The number of hydrogen-bond donors (Lipinski definition) is 1. The number of halogens is 2. The summed E-state index contributed by atoms with van der Waals surface area (Å²) in [6.07, 6.45) is -0.375.